The van der Waals surface area contributed by atoms with E-state index in [0.29, 0.717) is 6.04 Å². The molecule has 0 bridgehead atoms. The second-order valence-electron chi connectivity index (χ2n) is 7.17. The molecule has 140 valence electrons. The van der Waals surface area contributed by atoms with Crippen LogP contribution < -0.4 is 5.32 Å². The molecule has 0 aliphatic carbocycles. The molecule has 0 radical (unpaired) electrons. The highest BCUT2D eigenvalue weighted by Crippen LogP contribution is 2.36. The van der Waals surface area contributed by atoms with E-state index in [1.165, 1.54) is 10.4 Å². The molecule has 5 nitrogen and oxygen atoms in total. The lowest BCUT2D eigenvalue weighted by atomic mass is 9.93. The molecule has 2 aromatic heterocycles. The van der Waals surface area contributed by atoms with Gasteiger partial charge in [0, 0.05) is 35.8 Å². The first-order valence-electron chi connectivity index (χ1n) is 9.27. The maximum Gasteiger partial charge on any atom is 0.228 e. The molecule has 1 fully saturated rings. The Balaban J connectivity index is 1.34. The van der Waals surface area contributed by atoms with Crippen molar-refractivity contribution in [3.63, 3.8) is 0 Å². The lowest BCUT2D eigenvalue weighted by molar-refractivity contribution is -0.142. The average Bonchev–Trinajstić information content (AvgIpc) is 3.29. The van der Waals surface area contributed by atoms with Crippen LogP contribution >= 0.6 is 22.7 Å². The summed E-state index contributed by atoms with van der Waals surface area (Å²) in [5.41, 5.74) is 2.28. The monoisotopic (exact) mass is 391 g/mol. The molecule has 2 aliphatic rings. The number of thiophene rings is 1. The fraction of sp³-hybridized carbons (Fsp3) is 0.579. The largest absolute Gasteiger partial charge is 0.372 e. The number of thiazole rings is 1. The molecule has 2 aromatic rings. The molecule has 1 saturated heterocycles. The van der Waals surface area contributed by atoms with Crippen LogP contribution in [-0.4, -0.2) is 41.5 Å². The molecule has 7 heteroatoms. The second-order valence-corrected chi connectivity index (χ2v) is 9.03. The number of nitrogens with zero attached hydrogens (tertiary/aromatic N) is 2. The van der Waals surface area contributed by atoms with E-state index in [4.69, 9.17) is 4.74 Å². The van der Waals surface area contributed by atoms with Crippen molar-refractivity contribution in [1.82, 2.24) is 9.88 Å². The van der Waals surface area contributed by atoms with Gasteiger partial charge in [-0.2, -0.15) is 0 Å². The fourth-order valence-corrected chi connectivity index (χ4v) is 5.51. The van der Waals surface area contributed by atoms with Gasteiger partial charge in [-0.05, 0) is 36.8 Å². The van der Waals surface area contributed by atoms with Crippen LogP contribution in [0.3, 0.4) is 0 Å². The van der Waals surface area contributed by atoms with Crippen LogP contribution in [0, 0.1) is 12.8 Å². The van der Waals surface area contributed by atoms with Gasteiger partial charge in [-0.1, -0.05) is 6.92 Å². The zero-order chi connectivity index (χ0) is 18.1. The van der Waals surface area contributed by atoms with E-state index in [9.17, 15) is 4.79 Å². The Labute approximate surface area is 162 Å². The maximum atomic E-state index is 13.0. The summed E-state index contributed by atoms with van der Waals surface area (Å²) in [6.45, 7) is 6.34. The van der Waals surface area contributed by atoms with E-state index in [0.717, 1.165) is 49.8 Å². The Bertz CT molecular complexity index is 764. The molecule has 0 saturated carbocycles. The summed E-state index contributed by atoms with van der Waals surface area (Å²) in [7, 11) is 0. The number of nitrogens with one attached hydrogen (secondary N) is 1. The molecule has 4 heterocycles. The van der Waals surface area contributed by atoms with Gasteiger partial charge in [0.2, 0.25) is 5.91 Å². The van der Waals surface area contributed by atoms with Gasteiger partial charge in [0.05, 0.1) is 24.3 Å². The molecular formula is C19H25N3O2S2. The predicted molar refractivity (Wildman–Crippen MR) is 106 cm³/mol. The number of carbonyl (C=O) groups excluding carboxylic acids is 1. The Kier molecular flexibility index (Phi) is 5.29. The van der Waals surface area contributed by atoms with Crippen molar-refractivity contribution < 1.29 is 9.53 Å². The van der Waals surface area contributed by atoms with Crippen LogP contribution in [0.15, 0.2) is 16.8 Å². The third-order valence-corrected chi connectivity index (χ3v) is 7.20. The third-order valence-electron chi connectivity index (χ3n) is 5.31. The van der Waals surface area contributed by atoms with E-state index >= 15 is 0 Å². The number of aryl methyl sites for hydroxylation is 1. The number of hydrogen-bond acceptors (Lipinski definition) is 6. The van der Waals surface area contributed by atoms with Crippen molar-refractivity contribution in [1.29, 1.82) is 0 Å². The molecule has 4 rings (SSSR count). The number of likely N-dealkylation sites (tertiary alicyclic amines) is 1. The number of piperidine rings is 1. The van der Waals surface area contributed by atoms with Gasteiger partial charge in [0.25, 0.3) is 0 Å². The minimum Gasteiger partial charge on any atom is -0.372 e. The minimum absolute atomic E-state index is 0.0911. The topological polar surface area (TPSA) is 54.5 Å². The Morgan fingerprint density at radius 3 is 2.92 bits per heavy atom. The first-order chi connectivity index (χ1) is 12.6. The van der Waals surface area contributed by atoms with Crippen LogP contribution in [-0.2, 0) is 16.0 Å². The van der Waals surface area contributed by atoms with Crippen LogP contribution in [0.1, 0.15) is 42.0 Å². The van der Waals surface area contributed by atoms with Gasteiger partial charge >= 0.3 is 0 Å². The molecule has 2 unspecified atom stereocenters. The van der Waals surface area contributed by atoms with Crippen LogP contribution in [0.5, 0.6) is 0 Å². The Morgan fingerprint density at radius 2 is 2.19 bits per heavy atom. The fourth-order valence-electron chi connectivity index (χ4n) is 3.85. The molecule has 0 aromatic carbocycles. The lowest BCUT2D eigenvalue weighted by Crippen LogP contribution is -2.45. The third kappa shape index (κ3) is 3.66. The molecular weight excluding hydrogens is 366 g/mol. The zero-order valence-corrected chi connectivity index (χ0v) is 16.9. The highest BCUT2D eigenvalue weighted by molar-refractivity contribution is 7.13. The Morgan fingerprint density at radius 1 is 1.38 bits per heavy atom. The number of fused-ring (bicyclic) bond motifs is 1. The van der Waals surface area contributed by atoms with Crippen molar-refractivity contribution in [2.75, 3.05) is 25.0 Å². The Hall–Kier alpha value is -1.44. The van der Waals surface area contributed by atoms with Gasteiger partial charge < -0.3 is 15.0 Å². The first-order valence-corrected chi connectivity index (χ1v) is 11.0. The molecule has 2 aliphatic heterocycles. The average molecular weight is 392 g/mol. The number of ether oxygens (including phenoxy) is 1. The smallest absolute Gasteiger partial charge is 0.228 e. The summed E-state index contributed by atoms with van der Waals surface area (Å²) in [6, 6.07) is 2.52. The summed E-state index contributed by atoms with van der Waals surface area (Å²) in [6.07, 6.45) is 2.81. The number of rotatable bonds is 4. The van der Waals surface area contributed by atoms with Gasteiger partial charge in [-0.3, -0.25) is 4.79 Å². The van der Waals surface area contributed by atoms with Crippen molar-refractivity contribution in [2.24, 2.45) is 5.92 Å². The highest BCUT2D eigenvalue weighted by atomic mass is 32.1. The highest BCUT2D eigenvalue weighted by Gasteiger charge is 2.34. The predicted octanol–water partition coefficient (Wildman–Crippen LogP) is 3.87. The van der Waals surface area contributed by atoms with E-state index in [1.54, 1.807) is 22.7 Å². The van der Waals surface area contributed by atoms with Crippen molar-refractivity contribution in [3.8, 4) is 0 Å². The number of hydrogen-bond donors (Lipinski definition) is 1. The maximum absolute atomic E-state index is 13.0. The molecule has 2 atom stereocenters. The molecule has 26 heavy (non-hydrogen) atoms. The normalized spacial score (nSPS) is 22.1. The van der Waals surface area contributed by atoms with Gasteiger partial charge in [0.1, 0.15) is 0 Å². The van der Waals surface area contributed by atoms with E-state index in [-0.39, 0.29) is 17.9 Å². The summed E-state index contributed by atoms with van der Waals surface area (Å²) in [5, 5.41) is 8.67. The van der Waals surface area contributed by atoms with Crippen LogP contribution in [0.25, 0.3) is 0 Å². The van der Waals surface area contributed by atoms with E-state index in [2.05, 4.69) is 27.1 Å². The van der Waals surface area contributed by atoms with Gasteiger partial charge in [-0.15, -0.1) is 22.7 Å². The number of carbonyl (C=O) groups is 1. The molecule has 1 N–H and O–H groups in total. The van der Waals surface area contributed by atoms with Gasteiger partial charge in [-0.25, -0.2) is 4.98 Å². The zero-order valence-electron chi connectivity index (χ0n) is 15.2. The summed E-state index contributed by atoms with van der Waals surface area (Å²) < 4.78 is 5.98. The standard InChI is InChI=1S/C19H25N3O2S2/c1-12-11-26-19(20-12)21-14-3-7-22(8-4-14)18(23)13(2)17-15-6-10-25-16(15)5-9-24-17/h6,10-11,13-14,17H,3-5,7-9H2,1-2H3,(H,20,21). The van der Waals surface area contributed by atoms with Crippen LogP contribution in [0.4, 0.5) is 5.13 Å². The van der Waals surface area contributed by atoms with E-state index in [1.807, 2.05) is 18.7 Å². The van der Waals surface area contributed by atoms with Crippen molar-refractivity contribution >= 4 is 33.7 Å². The summed E-state index contributed by atoms with van der Waals surface area (Å²) in [5.74, 6) is 0.0902. The summed E-state index contributed by atoms with van der Waals surface area (Å²) >= 11 is 3.43. The number of anilines is 1. The van der Waals surface area contributed by atoms with Crippen molar-refractivity contribution in [2.45, 2.75) is 45.3 Å². The lowest BCUT2D eigenvalue weighted by Gasteiger charge is -2.36. The van der Waals surface area contributed by atoms with Gasteiger partial charge in [0.15, 0.2) is 5.13 Å². The summed E-state index contributed by atoms with van der Waals surface area (Å²) in [4.78, 5) is 20.9. The van der Waals surface area contributed by atoms with E-state index < -0.39 is 0 Å². The minimum atomic E-state index is -0.130. The van der Waals surface area contributed by atoms with Crippen LogP contribution in [0.2, 0.25) is 0 Å². The second kappa shape index (κ2) is 7.66. The molecule has 0 spiro atoms. The quantitative estimate of drug-likeness (QED) is 0.860. The molecule has 1 amide bonds. The SMILES string of the molecule is Cc1csc(NC2CCN(C(=O)C(C)C3OCCc4sccc43)CC2)n1. The number of aromatic nitrogens is 1. The number of amides is 1. The first kappa shape index (κ1) is 17.9. The van der Waals surface area contributed by atoms with Crippen molar-refractivity contribution in [3.05, 3.63) is 33.0 Å².